The molecule has 0 heterocycles. The van der Waals surface area contributed by atoms with Crippen LogP contribution in [0.4, 0.5) is 17.1 Å². The minimum atomic E-state index is -0.405. The van der Waals surface area contributed by atoms with Crippen molar-refractivity contribution in [3.8, 4) is 6.07 Å². The van der Waals surface area contributed by atoms with Crippen LogP contribution < -0.4 is 15.5 Å². The van der Waals surface area contributed by atoms with Crippen LogP contribution in [-0.4, -0.2) is 19.0 Å². The van der Waals surface area contributed by atoms with E-state index < -0.39 is 5.91 Å². The van der Waals surface area contributed by atoms with Crippen molar-refractivity contribution in [2.75, 3.05) is 28.6 Å². The largest absolute Gasteiger partial charge is 0.372 e. The van der Waals surface area contributed by atoms with E-state index in [9.17, 15) is 10.1 Å². The average Bonchev–Trinajstić information content (AvgIpc) is 2.76. The number of nitriles is 1. The molecule has 0 fully saturated rings. The van der Waals surface area contributed by atoms with E-state index >= 15 is 0 Å². The fraction of sp³-hybridized carbons (Fsp3) is 0.360. The lowest BCUT2D eigenvalue weighted by Crippen LogP contribution is -2.21. The third kappa shape index (κ3) is 5.42. The summed E-state index contributed by atoms with van der Waals surface area (Å²) in [5, 5.41) is 15.6. The molecule has 30 heavy (non-hydrogen) atoms. The van der Waals surface area contributed by atoms with Gasteiger partial charge in [0.2, 0.25) is 0 Å². The zero-order chi connectivity index (χ0) is 22.1. The fourth-order valence-corrected chi connectivity index (χ4v) is 3.48. The van der Waals surface area contributed by atoms with Gasteiger partial charge in [-0.05, 0) is 68.5 Å². The van der Waals surface area contributed by atoms with E-state index in [1.165, 1.54) is 6.20 Å². The van der Waals surface area contributed by atoms with Crippen molar-refractivity contribution in [2.45, 2.75) is 47.5 Å². The number of benzene rings is 2. The SMILES string of the molecule is CCc1cccc(CC)c1NC(=O)/C(C#N)=C\Nc1ccc(N(CC)CC)cc1C. The van der Waals surface area contributed by atoms with E-state index in [1.807, 2.05) is 43.3 Å². The summed E-state index contributed by atoms with van der Waals surface area (Å²) in [6.07, 6.45) is 3.10. The molecule has 0 atom stereocenters. The Balaban J connectivity index is 2.21. The molecule has 5 nitrogen and oxygen atoms in total. The third-order valence-corrected chi connectivity index (χ3v) is 5.31. The van der Waals surface area contributed by atoms with E-state index in [1.54, 1.807) is 0 Å². The molecule has 2 rings (SSSR count). The highest BCUT2D eigenvalue weighted by molar-refractivity contribution is 6.07. The summed E-state index contributed by atoms with van der Waals surface area (Å²) in [4.78, 5) is 15.0. The number of aryl methyl sites for hydroxylation is 3. The molecule has 0 aliphatic heterocycles. The van der Waals surface area contributed by atoms with E-state index in [2.05, 4.69) is 49.3 Å². The molecule has 1 amide bonds. The van der Waals surface area contributed by atoms with Gasteiger partial charge in [-0.2, -0.15) is 5.26 Å². The molecule has 0 saturated heterocycles. The summed E-state index contributed by atoms with van der Waals surface area (Å²) in [6, 6.07) is 14.2. The lowest BCUT2D eigenvalue weighted by Gasteiger charge is -2.22. The fourth-order valence-electron chi connectivity index (χ4n) is 3.48. The van der Waals surface area contributed by atoms with Gasteiger partial charge in [-0.25, -0.2) is 0 Å². The topological polar surface area (TPSA) is 68.2 Å². The van der Waals surface area contributed by atoms with Crippen LogP contribution >= 0.6 is 0 Å². The second kappa shape index (κ2) is 11.1. The van der Waals surface area contributed by atoms with E-state index in [4.69, 9.17) is 0 Å². The maximum Gasteiger partial charge on any atom is 0.267 e. The average molecular weight is 405 g/mol. The van der Waals surface area contributed by atoms with Gasteiger partial charge in [0.25, 0.3) is 5.91 Å². The minimum Gasteiger partial charge on any atom is -0.372 e. The van der Waals surface area contributed by atoms with Crippen molar-refractivity contribution in [1.82, 2.24) is 0 Å². The van der Waals surface area contributed by atoms with Gasteiger partial charge in [0, 0.05) is 36.4 Å². The Morgan fingerprint density at radius 1 is 1.07 bits per heavy atom. The first-order chi connectivity index (χ1) is 14.5. The van der Waals surface area contributed by atoms with Gasteiger partial charge in [-0.3, -0.25) is 4.79 Å². The van der Waals surface area contributed by atoms with Gasteiger partial charge in [-0.15, -0.1) is 0 Å². The molecule has 0 radical (unpaired) electrons. The van der Waals surface area contributed by atoms with Crippen molar-refractivity contribution < 1.29 is 4.79 Å². The van der Waals surface area contributed by atoms with E-state index in [-0.39, 0.29) is 5.57 Å². The van der Waals surface area contributed by atoms with Crippen molar-refractivity contribution in [2.24, 2.45) is 0 Å². The van der Waals surface area contributed by atoms with Gasteiger partial charge in [0.15, 0.2) is 0 Å². The van der Waals surface area contributed by atoms with Crippen LogP contribution in [0.25, 0.3) is 0 Å². The minimum absolute atomic E-state index is 0.0372. The number of nitrogens with one attached hydrogen (secondary N) is 2. The Labute approximate surface area is 180 Å². The lowest BCUT2D eigenvalue weighted by atomic mass is 10.0. The van der Waals surface area contributed by atoms with Gasteiger partial charge >= 0.3 is 0 Å². The van der Waals surface area contributed by atoms with Gasteiger partial charge < -0.3 is 15.5 Å². The number of nitrogens with zero attached hydrogens (tertiary/aromatic N) is 2. The Morgan fingerprint density at radius 3 is 2.20 bits per heavy atom. The first-order valence-corrected chi connectivity index (χ1v) is 10.6. The number of carbonyl (C=O) groups is 1. The molecule has 2 aromatic carbocycles. The second-order valence-electron chi connectivity index (χ2n) is 7.10. The molecular formula is C25H32N4O. The Bertz CT molecular complexity index is 930. The van der Waals surface area contributed by atoms with Crippen LogP contribution in [0, 0.1) is 18.3 Å². The van der Waals surface area contributed by atoms with Gasteiger partial charge in [0.1, 0.15) is 11.6 Å². The standard InChI is InChI=1S/C25H32N4O/c1-6-19-11-10-12-20(7-2)24(19)28-25(30)21(16-26)17-27-23-14-13-22(15-18(23)5)29(8-3)9-4/h10-15,17,27H,6-9H2,1-5H3,(H,28,30)/b21-17-. The number of carbonyl (C=O) groups excluding carboxylic acids is 1. The summed E-state index contributed by atoms with van der Waals surface area (Å²) < 4.78 is 0. The zero-order valence-electron chi connectivity index (χ0n) is 18.7. The Morgan fingerprint density at radius 2 is 1.70 bits per heavy atom. The van der Waals surface area contributed by atoms with Crippen LogP contribution in [0.2, 0.25) is 0 Å². The number of rotatable bonds is 9. The molecule has 0 spiro atoms. The number of hydrogen-bond donors (Lipinski definition) is 2. The summed E-state index contributed by atoms with van der Waals surface area (Å²) in [6.45, 7) is 12.3. The summed E-state index contributed by atoms with van der Waals surface area (Å²) >= 11 is 0. The number of para-hydroxylation sites is 1. The molecule has 0 aliphatic rings. The molecule has 0 unspecified atom stereocenters. The van der Waals surface area contributed by atoms with Crippen molar-refractivity contribution >= 4 is 23.0 Å². The molecule has 0 bridgehead atoms. The van der Waals surface area contributed by atoms with Gasteiger partial charge in [-0.1, -0.05) is 32.0 Å². The first kappa shape index (κ1) is 23.0. The van der Waals surface area contributed by atoms with Crippen LogP contribution in [-0.2, 0) is 17.6 Å². The monoisotopic (exact) mass is 404 g/mol. The van der Waals surface area contributed by atoms with Crippen LogP contribution in [0.1, 0.15) is 44.4 Å². The van der Waals surface area contributed by atoms with E-state index in [0.29, 0.717) is 0 Å². The molecule has 0 aliphatic carbocycles. The molecule has 2 aromatic rings. The van der Waals surface area contributed by atoms with Crippen molar-refractivity contribution in [1.29, 1.82) is 5.26 Å². The summed E-state index contributed by atoms with van der Waals surface area (Å²) in [7, 11) is 0. The second-order valence-corrected chi connectivity index (χ2v) is 7.10. The van der Waals surface area contributed by atoms with Crippen LogP contribution in [0.3, 0.4) is 0 Å². The molecule has 5 heteroatoms. The predicted octanol–water partition coefficient (Wildman–Crippen LogP) is 5.42. The molecule has 0 saturated carbocycles. The lowest BCUT2D eigenvalue weighted by molar-refractivity contribution is -0.112. The first-order valence-electron chi connectivity index (χ1n) is 10.6. The highest BCUT2D eigenvalue weighted by Crippen LogP contribution is 2.24. The highest BCUT2D eigenvalue weighted by Gasteiger charge is 2.14. The quantitative estimate of drug-likeness (QED) is 0.432. The van der Waals surface area contributed by atoms with Gasteiger partial charge in [0.05, 0.1) is 0 Å². The van der Waals surface area contributed by atoms with E-state index in [0.717, 1.165) is 59.7 Å². The van der Waals surface area contributed by atoms with Crippen LogP contribution in [0.15, 0.2) is 48.2 Å². The number of amides is 1. The zero-order valence-corrected chi connectivity index (χ0v) is 18.7. The maximum absolute atomic E-state index is 12.8. The normalized spacial score (nSPS) is 11.0. The molecule has 158 valence electrons. The molecular weight excluding hydrogens is 372 g/mol. The molecule has 2 N–H and O–H groups in total. The van der Waals surface area contributed by atoms with Crippen molar-refractivity contribution in [3.05, 3.63) is 64.9 Å². The predicted molar refractivity (Wildman–Crippen MR) is 126 cm³/mol. The Hall–Kier alpha value is -3.26. The highest BCUT2D eigenvalue weighted by atomic mass is 16.1. The maximum atomic E-state index is 12.8. The third-order valence-electron chi connectivity index (χ3n) is 5.31. The number of hydrogen-bond acceptors (Lipinski definition) is 4. The smallest absolute Gasteiger partial charge is 0.267 e. The Kier molecular flexibility index (Phi) is 8.49. The number of anilines is 3. The van der Waals surface area contributed by atoms with Crippen LogP contribution in [0.5, 0.6) is 0 Å². The summed E-state index contributed by atoms with van der Waals surface area (Å²) in [5.74, 6) is -0.405. The van der Waals surface area contributed by atoms with Crippen molar-refractivity contribution in [3.63, 3.8) is 0 Å². The molecule has 0 aromatic heterocycles. The summed E-state index contributed by atoms with van der Waals surface area (Å²) in [5.41, 5.74) is 6.07.